The van der Waals surface area contributed by atoms with Crippen LogP contribution in [0.2, 0.25) is 0 Å². The molecule has 0 fully saturated rings. The van der Waals surface area contributed by atoms with Crippen molar-refractivity contribution in [3.63, 3.8) is 0 Å². The molecule has 0 aliphatic carbocycles. The van der Waals surface area contributed by atoms with E-state index in [0.29, 0.717) is 23.3 Å². The van der Waals surface area contributed by atoms with Gasteiger partial charge < -0.3 is 14.5 Å². The van der Waals surface area contributed by atoms with Gasteiger partial charge in [-0.25, -0.2) is 0 Å². The summed E-state index contributed by atoms with van der Waals surface area (Å²) in [6.07, 6.45) is 0. The van der Waals surface area contributed by atoms with Gasteiger partial charge in [-0.15, -0.1) is 0 Å². The summed E-state index contributed by atoms with van der Waals surface area (Å²) in [5, 5.41) is 3.91. The maximum Gasteiger partial charge on any atom is 0.193 e. The fourth-order valence-electron chi connectivity index (χ4n) is 2.96. The molecule has 0 amide bonds. The van der Waals surface area contributed by atoms with Crippen molar-refractivity contribution in [3.05, 3.63) is 94.6 Å². The predicted molar refractivity (Wildman–Crippen MR) is 108 cm³/mol. The van der Waals surface area contributed by atoms with Crippen molar-refractivity contribution in [2.45, 2.75) is 6.54 Å². The number of benzene rings is 3. The molecule has 0 radical (unpaired) electrons. The van der Waals surface area contributed by atoms with E-state index in [1.165, 1.54) is 0 Å². The third kappa shape index (κ3) is 3.70. The van der Waals surface area contributed by atoms with Crippen LogP contribution in [-0.2, 0) is 6.54 Å². The zero-order valence-corrected chi connectivity index (χ0v) is 14.9. The van der Waals surface area contributed by atoms with Gasteiger partial charge in [0.1, 0.15) is 17.1 Å². The molecule has 27 heavy (non-hydrogen) atoms. The van der Waals surface area contributed by atoms with Crippen LogP contribution in [0.25, 0.3) is 22.3 Å². The lowest BCUT2D eigenvalue weighted by molar-refractivity contribution is 0.414. The second-order valence-corrected chi connectivity index (χ2v) is 6.25. The molecule has 0 unspecified atom stereocenters. The van der Waals surface area contributed by atoms with Crippen LogP contribution in [0.15, 0.2) is 88.1 Å². The first-order valence-electron chi connectivity index (χ1n) is 8.73. The van der Waals surface area contributed by atoms with E-state index in [1.807, 2.05) is 72.8 Å². The minimum absolute atomic E-state index is 0.0526. The molecule has 0 aliphatic rings. The van der Waals surface area contributed by atoms with Gasteiger partial charge in [0.15, 0.2) is 5.43 Å². The molecular formula is C23H19NO3. The highest BCUT2D eigenvalue weighted by Gasteiger charge is 2.07. The van der Waals surface area contributed by atoms with Crippen molar-refractivity contribution in [2.75, 3.05) is 12.4 Å². The molecule has 4 heteroatoms. The molecule has 0 spiro atoms. The molecule has 1 heterocycles. The Bertz CT molecular complexity index is 1120. The van der Waals surface area contributed by atoms with Crippen LogP contribution < -0.4 is 15.5 Å². The summed E-state index contributed by atoms with van der Waals surface area (Å²) in [7, 11) is 1.65. The Labute approximate surface area is 157 Å². The van der Waals surface area contributed by atoms with Crippen LogP contribution in [0.1, 0.15) is 5.56 Å². The molecule has 0 aliphatic heterocycles. The monoisotopic (exact) mass is 357 g/mol. The van der Waals surface area contributed by atoms with E-state index in [0.717, 1.165) is 22.6 Å². The number of fused-ring (bicyclic) bond motifs is 1. The molecule has 4 rings (SSSR count). The largest absolute Gasteiger partial charge is 0.497 e. The van der Waals surface area contributed by atoms with Crippen molar-refractivity contribution in [1.29, 1.82) is 0 Å². The maximum absolute atomic E-state index is 12.6. The summed E-state index contributed by atoms with van der Waals surface area (Å²) in [5.41, 5.74) is 3.41. The highest BCUT2D eigenvalue weighted by molar-refractivity contribution is 5.82. The van der Waals surface area contributed by atoms with E-state index in [-0.39, 0.29) is 5.43 Å². The van der Waals surface area contributed by atoms with Gasteiger partial charge >= 0.3 is 0 Å². The summed E-state index contributed by atoms with van der Waals surface area (Å²) in [4.78, 5) is 12.6. The van der Waals surface area contributed by atoms with Crippen molar-refractivity contribution in [3.8, 4) is 17.1 Å². The highest BCUT2D eigenvalue weighted by Crippen LogP contribution is 2.24. The fourth-order valence-corrected chi connectivity index (χ4v) is 2.96. The van der Waals surface area contributed by atoms with E-state index >= 15 is 0 Å². The normalized spacial score (nSPS) is 10.7. The Hall–Kier alpha value is -3.53. The first-order chi connectivity index (χ1) is 13.2. The van der Waals surface area contributed by atoms with Crippen LogP contribution in [0, 0.1) is 0 Å². The fraction of sp³-hybridized carbons (Fsp3) is 0.0870. The molecule has 0 atom stereocenters. The minimum atomic E-state index is -0.0526. The van der Waals surface area contributed by atoms with Crippen LogP contribution in [-0.4, -0.2) is 7.11 Å². The van der Waals surface area contributed by atoms with Gasteiger partial charge in [0, 0.05) is 23.9 Å². The molecule has 134 valence electrons. The van der Waals surface area contributed by atoms with E-state index in [9.17, 15) is 4.79 Å². The molecule has 4 aromatic rings. The molecule has 0 saturated carbocycles. The average Bonchev–Trinajstić information content (AvgIpc) is 2.73. The SMILES string of the molecule is COc1ccc(CNc2ccc3oc(-c4ccccc4)cc(=O)c3c2)cc1. The van der Waals surface area contributed by atoms with E-state index in [2.05, 4.69) is 5.32 Å². The highest BCUT2D eigenvalue weighted by atomic mass is 16.5. The summed E-state index contributed by atoms with van der Waals surface area (Å²) in [6.45, 7) is 0.656. The third-order valence-corrected chi connectivity index (χ3v) is 4.44. The molecule has 1 N–H and O–H groups in total. The first-order valence-corrected chi connectivity index (χ1v) is 8.73. The van der Waals surface area contributed by atoms with Crippen molar-refractivity contribution < 1.29 is 9.15 Å². The predicted octanol–water partition coefficient (Wildman–Crippen LogP) is 5.08. The minimum Gasteiger partial charge on any atom is -0.497 e. The van der Waals surface area contributed by atoms with Crippen molar-refractivity contribution in [2.24, 2.45) is 0 Å². The van der Waals surface area contributed by atoms with Gasteiger partial charge in [-0.3, -0.25) is 4.79 Å². The number of anilines is 1. The smallest absolute Gasteiger partial charge is 0.193 e. The zero-order valence-electron chi connectivity index (χ0n) is 14.9. The number of hydrogen-bond acceptors (Lipinski definition) is 4. The van der Waals surface area contributed by atoms with Gasteiger partial charge in [0.2, 0.25) is 0 Å². The number of ether oxygens (including phenoxy) is 1. The summed E-state index contributed by atoms with van der Waals surface area (Å²) >= 11 is 0. The molecule has 1 aromatic heterocycles. The number of nitrogens with one attached hydrogen (secondary N) is 1. The van der Waals surface area contributed by atoms with Crippen LogP contribution in [0.5, 0.6) is 5.75 Å². The van der Waals surface area contributed by atoms with Gasteiger partial charge in [-0.2, -0.15) is 0 Å². The Morgan fingerprint density at radius 1 is 0.926 bits per heavy atom. The Morgan fingerprint density at radius 2 is 1.70 bits per heavy atom. The lowest BCUT2D eigenvalue weighted by atomic mass is 10.1. The standard InChI is InChI=1S/C23H19NO3/c1-26-19-10-7-16(8-11-19)15-24-18-9-12-22-20(13-18)21(25)14-23(27-22)17-5-3-2-4-6-17/h2-14,24H,15H2,1H3. The average molecular weight is 357 g/mol. The van der Waals surface area contributed by atoms with E-state index in [1.54, 1.807) is 13.2 Å². The summed E-state index contributed by atoms with van der Waals surface area (Å²) in [5.74, 6) is 1.41. The third-order valence-electron chi connectivity index (χ3n) is 4.44. The first kappa shape index (κ1) is 16.9. The van der Waals surface area contributed by atoms with Crippen molar-refractivity contribution >= 4 is 16.7 Å². The lowest BCUT2D eigenvalue weighted by Gasteiger charge is -2.09. The number of methoxy groups -OCH3 is 1. The second-order valence-electron chi connectivity index (χ2n) is 6.25. The number of hydrogen-bond donors (Lipinski definition) is 1. The molecule has 0 bridgehead atoms. The molecular weight excluding hydrogens is 338 g/mol. The van der Waals surface area contributed by atoms with Crippen LogP contribution in [0.3, 0.4) is 0 Å². The molecule has 3 aromatic carbocycles. The van der Waals surface area contributed by atoms with Gasteiger partial charge in [0.25, 0.3) is 0 Å². The zero-order chi connectivity index (χ0) is 18.6. The van der Waals surface area contributed by atoms with Crippen molar-refractivity contribution in [1.82, 2.24) is 0 Å². The van der Waals surface area contributed by atoms with E-state index < -0.39 is 0 Å². The Kier molecular flexibility index (Phi) is 4.62. The Morgan fingerprint density at radius 3 is 2.44 bits per heavy atom. The maximum atomic E-state index is 12.6. The quantitative estimate of drug-likeness (QED) is 0.541. The van der Waals surface area contributed by atoms with Crippen LogP contribution >= 0.6 is 0 Å². The Balaban J connectivity index is 1.58. The molecule has 4 nitrogen and oxygen atoms in total. The van der Waals surface area contributed by atoms with Gasteiger partial charge in [-0.1, -0.05) is 42.5 Å². The van der Waals surface area contributed by atoms with Gasteiger partial charge in [-0.05, 0) is 35.9 Å². The summed E-state index contributed by atoms with van der Waals surface area (Å²) < 4.78 is 11.1. The van der Waals surface area contributed by atoms with Crippen LogP contribution in [0.4, 0.5) is 5.69 Å². The lowest BCUT2D eigenvalue weighted by Crippen LogP contribution is -2.03. The van der Waals surface area contributed by atoms with E-state index in [4.69, 9.17) is 9.15 Å². The second kappa shape index (κ2) is 7.38. The number of rotatable bonds is 5. The summed E-state index contributed by atoms with van der Waals surface area (Å²) in [6, 6.07) is 24.6. The van der Waals surface area contributed by atoms with Gasteiger partial charge in [0.05, 0.1) is 12.5 Å². The topological polar surface area (TPSA) is 51.5 Å². The molecule has 0 saturated heterocycles.